The summed E-state index contributed by atoms with van der Waals surface area (Å²) in [5.41, 5.74) is -1.13. The van der Waals surface area contributed by atoms with Gasteiger partial charge in [0, 0.05) is 61.1 Å². The molecule has 2 heterocycles. The molecule has 0 saturated carbocycles. The van der Waals surface area contributed by atoms with Crippen molar-refractivity contribution in [1.82, 2.24) is 14.9 Å². The fraction of sp³-hybridized carbons (Fsp3) is 0.394. The Morgan fingerprint density at radius 1 is 1.02 bits per heavy atom. The molecule has 0 unspecified atom stereocenters. The van der Waals surface area contributed by atoms with Gasteiger partial charge in [0.05, 0.1) is 4.90 Å². The summed E-state index contributed by atoms with van der Waals surface area (Å²) < 4.78 is 78.4. The van der Waals surface area contributed by atoms with Crippen LogP contribution in [0.2, 0.25) is 0 Å². The van der Waals surface area contributed by atoms with E-state index in [-0.39, 0.29) is 66.6 Å². The van der Waals surface area contributed by atoms with Gasteiger partial charge < -0.3 is 25.8 Å². The van der Waals surface area contributed by atoms with Gasteiger partial charge in [-0.05, 0) is 74.6 Å². The Balaban J connectivity index is 1.43. The molecule has 5 rings (SSSR count). The minimum absolute atomic E-state index is 0.0350. The summed E-state index contributed by atoms with van der Waals surface area (Å²) in [7, 11) is -3.88. The lowest BCUT2D eigenvalue weighted by molar-refractivity contribution is -0.121. The number of carboxylic acid groups (broad SMARTS) is 1. The SMILES string of the molecule is C[C@@H]1CNC[C@H](CCc2c(F)cccc2NC(=O)[C@@H](NC(=O)O)C2(c3cc(F)cc(F)c3)CCOCC2)N1S(=O)(=O)c1ccccc1. The molecule has 2 aliphatic heterocycles. The van der Waals surface area contributed by atoms with E-state index < -0.39 is 57.0 Å². The van der Waals surface area contributed by atoms with Crippen LogP contribution in [0.5, 0.6) is 0 Å². The second-order valence-corrected chi connectivity index (χ2v) is 13.8. The molecule has 0 spiro atoms. The zero-order valence-electron chi connectivity index (χ0n) is 25.7. The summed E-state index contributed by atoms with van der Waals surface area (Å²) in [4.78, 5) is 26.1. The number of amides is 2. The number of rotatable bonds is 10. The zero-order chi connectivity index (χ0) is 33.8. The molecule has 10 nitrogen and oxygen atoms in total. The summed E-state index contributed by atoms with van der Waals surface area (Å²) in [6.45, 7) is 2.76. The second-order valence-electron chi connectivity index (χ2n) is 11.9. The lowest BCUT2D eigenvalue weighted by Gasteiger charge is -2.43. The number of sulfonamides is 1. The van der Waals surface area contributed by atoms with E-state index in [0.29, 0.717) is 19.2 Å². The van der Waals surface area contributed by atoms with E-state index in [9.17, 15) is 31.9 Å². The molecule has 14 heteroatoms. The van der Waals surface area contributed by atoms with Crippen LogP contribution in [0.25, 0.3) is 0 Å². The average molecular weight is 675 g/mol. The van der Waals surface area contributed by atoms with Crippen molar-refractivity contribution in [2.45, 2.75) is 61.0 Å². The van der Waals surface area contributed by atoms with Crippen LogP contribution in [0.3, 0.4) is 0 Å². The fourth-order valence-corrected chi connectivity index (χ4v) is 8.59. The standard InChI is InChI=1S/C33H37F3N4O6S/c1-21-19-37-20-25(40(21)47(44,45)26-6-3-2-4-7-26)10-11-27-28(36)8-5-9-29(27)38-31(41)30(39-32(42)43)33(12-14-46-15-13-33)22-16-23(34)18-24(35)17-22/h2-9,16-18,21,25,30,37,39H,10-15,19-20H2,1H3,(H,38,41)(H,42,43)/t21-,25+,30-/m1/s1. The Hall–Kier alpha value is -3.98. The molecule has 4 N–H and O–H groups in total. The summed E-state index contributed by atoms with van der Waals surface area (Å²) >= 11 is 0. The maximum absolute atomic E-state index is 15.4. The normalized spacial score (nSPS) is 20.7. The molecular formula is C33H37F3N4O6S. The third-order valence-corrected chi connectivity index (χ3v) is 11.0. The molecule has 252 valence electrons. The maximum atomic E-state index is 15.4. The smallest absolute Gasteiger partial charge is 0.405 e. The predicted molar refractivity (Wildman–Crippen MR) is 168 cm³/mol. The maximum Gasteiger partial charge on any atom is 0.405 e. The molecule has 2 aliphatic rings. The first-order valence-electron chi connectivity index (χ1n) is 15.3. The van der Waals surface area contributed by atoms with Crippen molar-refractivity contribution >= 4 is 27.7 Å². The van der Waals surface area contributed by atoms with Crippen molar-refractivity contribution in [1.29, 1.82) is 0 Å². The van der Waals surface area contributed by atoms with E-state index in [4.69, 9.17) is 4.74 Å². The number of hydrogen-bond acceptors (Lipinski definition) is 6. The summed E-state index contributed by atoms with van der Waals surface area (Å²) in [6, 6.07) is 12.5. The molecular weight excluding hydrogens is 637 g/mol. The molecule has 2 saturated heterocycles. The minimum atomic E-state index is -3.88. The summed E-state index contributed by atoms with van der Waals surface area (Å²) in [5, 5.41) is 17.9. The van der Waals surface area contributed by atoms with Gasteiger partial charge in [-0.15, -0.1) is 0 Å². The van der Waals surface area contributed by atoms with Gasteiger partial charge in [0.25, 0.3) is 0 Å². The van der Waals surface area contributed by atoms with Gasteiger partial charge in [0.2, 0.25) is 15.9 Å². The molecule has 2 amide bonds. The van der Waals surface area contributed by atoms with Crippen LogP contribution in [-0.2, 0) is 31.4 Å². The number of benzene rings is 3. The van der Waals surface area contributed by atoms with E-state index in [1.165, 1.54) is 34.6 Å². The third kappa shape index (κ3) is 7.45. The highest BCUT2D eigenvalue weighted by molar-refractivity contribution is 7.89. The minimum Gasteiger partial charge on any atom is -0.465 e. The van der Waals surface area contributed by atoms with Crippen LogP contribution in [0, 0.1) is 17.5 Å². The second kappa shape index (κ2) is 14.4. The largest absolute Gasteiger partial charge is 0.465 e. The monoisotopic (exact) mass is 674 g/mol. The van der Waals surface area contributed by atoms with Crippen LogP contribution in [0.4, 0.5) is 23.7 Å². The van der Waals surface area contributed by atoms with E-state index in [0.717, 1.165) is 12.1 Å². The molecule has 3 aromatic rings. The zero-order valence-corrected chi connectivity index (χ0v) is 26.5. The van der Waals surface area contributed by atoms with Crippen LogP contribution < -0.4 is 16.0 Å². The first kappa shape index (κ1) is 34.4. The van der Waals surface area contributed by atoms with Crippen molar-refractivity contribution < 1.29 is 41.0 Å². The average Bonchev–Trinajstić information content (AvgIpc) is 3.03. The Kier molecular flexibility index (Phi) is 10.5. The van der Waals surface area contributed by atoms with Crippen molar-refractivity contribution in [3.05, 3.63) is 95.3 Å². The molecule has 47 heavy (non-hydrogen) atoms. The van der Waals surface area contributed by atoms with Crippen molar-refractivity contribution in [3.63, 3.8) is 0 Å². The van der Waals surface area contributed by atoms with Crippen LogP contribution >= 0.6 is 0 Å². The summed E-state index contributed by atoms with van der Waals surface area (Å²) in [5.74, 6) is -3.27. The number of anilines is 1. The van der Waals surface area contributed by atoms with Gasteiger partial charge in [-0.2, -0.15) is 4.31 Å². The topological polar surface area (TPSA) is 137 Å². The number of ether oxygens (including phenoxy) is 1. The lowest BCUT2D eigenvalue weighted by Crippen LogP contribution is -2.58. The number of halogens is 3. The van der Waals surface area contributed by atoms with Crippen molar-refractivity contribution in [3.8, 4) is 0 Å². The van der Waals surface area contributed by atoms with Gasteiger partial charge in [-0.3, -0.25) is 4.79 Å². The third-order valence-electron chi connectivity index (χ3n) is 8.94. The number of piperazine rings is 1. The first-order chi connectivity index (χ1) is 22.4. The van der Waals surface area contributed by atoms with Crippen molar-refractivity contribution in [2.75, 3.05) is 31.6 Å². The van der Waals surface area contributed by atoms with E-state index in [1.54, 1.807) is 25.1 Å². The Bertz CT molecular complexity index is 1690. The van der Waals surface area contributed by atoms with Gasteiger partial charge in [-0.25, -0.2) is 26.4 Å². The number of carbonyl (C=O) groups is 2. The molecule has 0 radical (unpaired) electrons. The van der Waals surface area contributed by atoms with Crippen LogP contribution in [-0.4, -0.2) is 74.3 Å². The quantitative estimate of drug-likeness (QED) is 0.250. The van der Waals surface area contributed by atoms with Crippen LogP contribution in [0.1, 0.15) is 37.3 Å². The molecule has 2 fully saturated rings. The van der Waals surface area contributed by atoms with Gasteiger partial charge in [0.1, 0.15) is 23.5 Å². The highest BCUT2D eigenvalue weighted by Gasteiger charge is 2.47. The number of carbonyl (C=O) groups excluding carboxylic acids is 1. The highest BCUT2D eigenvalue weighted by Crippen LogP contribution is 2.40. The first-order valence-corrected chi connectivity index (χ1v) is 16.8. The Morgan fingerprint density at radius 3 is 2.36 bits per heavy atom. The molecule has 0 bridgehead atoms. The Labute approximate surface area is 271 Å². The molecule has 0 aromatic heterocycles. The van der Waals surface area contributed by atoms with Gasteiger partial charge in [0.15, 0.2) is 0 Å². The van der Waals surface area contributed by atoms with E-state index >= 15 is 4.39 Å². The van der Waals surface area contributed by atoms with Crippen molar-refractivity contribution in [2.24, 2.45) is 0 Å². The van der Waals surface area contributed by atoms with E-state index in [1.807, 2.05) is 0 Å². The van der Waals surface area contributed by atoms with Gasteiger partial charge in [-0.1, -0.05) is 24.3 Å². The van der Waals surface area contributed by atoms with Gasteiger partial charge >= 0.3 is 6.09 Å². The number of nitrogens with one attached hydrogen (secondary N) is 3. The molecule has 3 aromatic carbocycles. The molecule has 3 atom stereocenters. The number of hydrogen-bond donors (Lipinski definition) is 4. The van der Waals surface area contributed by atoms with E-state index in [2.05, 4.69) is 16.0 Å². The number of nitrogens with zero attached hydrogens (tertiary/aromatic N) is 1. The fourth-order valence-electron chi connectivity index (χ4n) is 6.72. The van der Waals surface area contributed by atoms with Crippen LogP contribution in [0.15, 0.2) is 71.6 Å². The lowest BCUT2D eigenvalue weighted by atomic mass is 9.68. The highest BCUT2D eigenvalue weighted by atomic mass is 32.2. The Morgan fingerprint density at radius 2 is 1.70 bits per heavy atom. The predicted octanol–water partition coefficient (Wildman–Crippen LogP) is 4.41. The summed E-state index contributed by atoms with van der Waals surface area (Å²) in [6.07, 6.45) is -1.15. The molecule has 0 aliphatic carbocycles.